The van der Waals surface area contributed by atoms with Crippen molar-refractivity contribution >= 4 is 17.7 Å². The average molecular weight is 554 g/mol. The molecule has 0 fully saturated rings. The van der Waals surface area contributed by atoms with Crippen LogP contribution in [0.25, 0.3) is 0 Å². The van der Waals surface area contributed by atoms with E-state index in [1.54, 1.807) is 0 Å². The Hall–Kier alpha value is -4.22. The van der Waals surface area contributed by atoms with E-state index in [0.29, 0.717) is 19.6 Å². The summed E-state index contributed by atoms with van der Waals surface area (Å²) >= 11 is 0. The number of amides is 3. The van der Waals surface area contributed by atoms with E-state index in [2.05, 4.69) is 30.9 Å². The third-order valence-corrected chi connectivity index (χ3v) is 4.15. The van der Waals surface area contributed by atoms with E-state index in [0.717, 1.165) is 0 Å². The summed E-state index contributed by atoms with van der Waals surface area (Å²) in [5.74, 6) is -1.12. The molecule has 13 heteroatoms. The Bertz CT molecular complexity index is 1010. The Morgan fingerprint density at radius 3 is 1.03 bits per heavy atom. The van der Waals surface area contributed by atoms with Gasteiger partial charge in [0.05, 0.1) is 35.3 Å². The van der Waals surface area contributed by atoms with Crippen molar-refractivity contribution in [2.24, 2.45) is 0 Å². The molecular weight excluding hydrogens is 524 g/mol. The van der Waals surface area contributed by atoms with Gasteiger partial charge in [-0.25, -0.2) is 0 Å². The quantitative estimate of drug-likeness (QED) is 0.246. The largest absolute Gasteiger partial charge is 3.00 e. The van der Waals surface area contributed by atoms with Crippen molar-refractivity contribution in [3.63, 3.8) is 0 Å². The maximum Gasteiger partial charge on any atom is 3.00 e. The number of pyridine rings is 3. The van der Waals surface area contributed by atoms with Crippen molar-refractivity contribution in [1.82, 2.24) is 30.9 Å². The second kappa shape index (κ2) is 18.1. The molecular formula is C24H30FeN6O6+3. The van der Waals surface area contributed by atoms with Gasteiger partial charge in [-0.3, -0.25) is 29.3 Å². The fourth-order valence-corrected chi connectivity index (χ4v) is 2.50. The average Bonchev–Trinajstić information content (AvgIpc) is 2.86. The van der Waals surface area contributed by atoms with E-state index in [4.69, 9.17) is 0 Å². The van der Waals surface area contributed by atoms with Gasteiger partial charge >= 0.3 is 17.1 Å². The molecule has 0 aliphatic rings. The van der Waals surface area contributed by atoms with Crippen LogP contribution >= 0.6 is 0 Å². The van der Waals surface area contributed by atoms with E-state index >= 15 is 0 Å². The molecule has 3 aromatic rings. The van der Waals surface area contributed by atoms with E-state index in [1.165, 1.54) is 55.4 Å². The molecule has 3 amide bonds. The summed E-state index contributed by atoms with van der Waals surface area (Å²) in [6, 6.07) is 4.42. The van der Waals surface area contributed by atoms with Crippen molar-refractivity contribution in [3.05, 3.63) is 72.1 Å². The van der Waals surface area contributed by atoms with Crippen LogP contribution in [0.4, 0.5) is 0 Å². The summed E-state index contributed by atoms with van der Waals surface area (Å²) in [7, 11) is 0. The molecule has 0 saturated heterocycles. The second-order valence-electron chi connectivity index (χ2n) is 6.76. The first-order valence-corrected chi connectivity index (χ1v) is 11.0. The Kier molecular flexibility index (Phi) is 16.0. The van der Waals surface area contributed by atoms with Gasteiger partial charge in [-0.1, -0.05) is 0 Å². The van der Waals surface area contributed by atoms with E-state index in [-0.39, 0.29) is 68.7 Å². The van der Waals surface area contributed by atoms with Crippen molar-refractivity contribution in [2.75, 3.05) is 19.6 Å². The molecule has 0 aromatic carbocycles. The monoisotopic (exact) mass is 554 g/mol. The third-order valence-electron chi connectivity index (χ3n) is 4.15. The van der Waals surface area contributed by atoms with Crippen LogP contribution in [0.15, 0.2) is 55.4 Å². The molecule has 0 spiro atoms. The molecule has 0 unspecified atom stereocenters. The summed E-state index contributed by atoms with van der Waals surface area (Å²) in [5.41, 5.74) is 0.769. The number of nitrogens with one attached hydrogen (secondary N) is 3. The van der Waals surface area contributed by atoms with Gasteiger partial charge in [0, 0.05) is 38.2 Å². The minimum absolute atomic E-state index is 0. The molecule has 0 bridgehead atoms. The zero-order chi connectivity index (χ0) is 26.9. The number of rotatable bonds is 6. The first kappa shape index (κ1) is 32.8. The Balaban J connectivity index is 0.000000518. The molecule has 37 heavy (non-hydrogen) atoms. The number of hydrogen-bond donors (Lipinski definition) is 6. The molecule has 0 atom stereocenters. The van der Waals surface area contributed by atoms with Crippen LogP contribution in [0.1, 0.15) is 51.8 Å². The second-order valence-corrected chi connectivity index (χ2v) is 6.76. The Morgan fingerprint density at radius 2 is 0.838 bits per heavy atom. The van der Waals surface area contributed by atoms with Crippen LogP contribution in [0.2, 0.25) is 0 Å². The first-order valence-electron chi connectivity index (χ1n) is 11.0. The zero-order valence-corrected chi connectivity index (χ0v) is 21.7. The van der Waals surface area contributed by atoms with Crippen LogP contribution < -0.4 is 16.0 Å². The SMILES string of the molecule is CCNC(=O)c1ccncc1O.CCNC(=O)c1ccncc1O.CCNC(=O)c1ccncc1O.[Fe+3]. The number of aromatic hydroxyl groups is 3. The standard InChI is InChI=1S/3C8H10N2O2.Fe/c3*1-2-10-8(12)6-3-4-9-5-7(6)11;/h3*3-5,11H,2H2,1H3,(H,10,12);/q;;;+3. The van der Waals surface area contributed by atoms with Crippen LogP contribution in [-0.2, 0) is 17.1 Å². The van der Waals surface area contributed by atoms with Gasteiger partial charge in [-0.15, -0.1) is 0 Å². The minimum Gasteiger partial charge on any atom is -0.505 e. The van der Waals surface area contributed by atoms with E-state index in [9.17, 15) is 29.7 Å². The summed E-state index contributed by atoms with van der Waals surface area (Å²) in [6.07, 6.45) is 8.11. The molecule has 0 aliphatic heterocycles. The van der Waals surface area contributed by atoms with Crippen molar-refractivity contribution in [3.8, 4) is 17.2 Å². The first-order chi connectivity index (χ1) is 17.3. The van der Waals surface area contributed by atoms with Crippen molar-refractivity contribution in [2.45, 2.75) is 20.8 Å². The fraction of sp³-hybridized carbons (Fsp3) is 0.250. The Labute approximate surface area is 225 Å². The van der Waals surface area contributed by atoms with Crippen LogP contribution in [-0.4, -0.2) is 67.6 Å². The van der Waals surface area contributed by atoms with Crippen LogP contribution in [0, 0.1) is 0 Å². The third kappa shape index (κ3) is 11.4. The summed E-state index contributed by atoms with van der Waals surface area (Å²) in [4.78, 5) is 44.5. The smallest absolute Gasteiger partial charge is 0.505 e. The van der Waals surface area contributed by atoms with Gasteiger partial charge in [0.2, 0.25) is 0 Å². The number of hydrogen-bond acceptors (Lipinski definition) is 9. The van der Waals surface area contributed by atoms with Gasteiger partial charge in [-0.05, 0) is 39.0 Å². The number of carbonyl (C=O) groups is 3. The maximum atomic E-state index is 11.2. The maximum absolute atomic E-state index is 11.2. The van der Waals surface area contributed by atoms with Crippen LogP contribution in [0.3, 0.4) is 0 Å². The van der Waals surface area contributed by atoms with Gasteiger partial charge in [0.25, 0.3) is 17.7 Å². The minimum atomic E-state index is -0.280. The molecule has 3 rings (SSSR count). The van der Waals surface area contributed by atoms with Crippen LogP contribution in [0.5, 0.6) is 17.2 Å². The Morgan fingerprint density at radius 1 is 0.595 bits per heavy atom. The van der Waals surface area contributed by atoms with E-state index < -0.39 is 0 Å². The molecule has 12 nitrogen and oxygen atoms in total. The molecule has 0 aliphatic carbocycles. The number of aromatic nitrogens is 3. The summed E-state index contributed by atoms with van der Waals surface area (Å²) in [6.45, 7) is 7.07. The predicted molar refractivity (Wildman–Crippen MR) is 132 cm³/mol. The number of nitrogens with zero attached hydrogens (tertiary/aromatic N) is 3. The topological polar surface area (TPSA) is 187 Å². The van der Waals surface area contributed by atoms with Gasteiger partial charge in [0.15, 0.2) is 0 Å². The fourth-order valence-electron chi connectivity index (χ4n) is 2.50. The molecule has 0 saturated carbocycles. The van der Waals surface area contributed by atoms with Gasteiger partial charge < -0.3 is 31.3 Å². The molecule has 3 aromatic heterocycles. The number of carbonyl (C=O) groups excluding carboxylic acids is 3. The molecule has 3 heterocycles. The van der Waals surface area contributed by atoms with Gasteiger partial charge in [0.1, 0.15) is 17.2 Å². The molecule has 1 radical (unpaired) electrons. The van der Waals surface area contributed by atoms with Gasteiger partial charge in [-0.2, -0.15) is 0 Å². The summed E-state index contributed by atoms with van der Waals surface area (Å²) < 4.78 is 0. The summed E-state index contributed by atoms with van der Waals surface area (Å²) in [5, 5.41) is 35.3. The van der Waals surface area contributed by atoms with Crippen molar-refractivity contribution in [1.29, 1.82) is 0 Å². The van der Waals surface area contributed by atoms with E-state index in [1.807, 2.05) is 20.8 Å². The van der Waals surface area contributed by atoms with Crippen molar-refractivity contribution < 1.29 is 46.8 Å². The normalized spacial score (nSPS) is 9.16. The molecule has 197 valence electrons. The predicted octanol–water partition coefficient (Wildman–Crippen LogP) is 1.61. The molecule has 6 N–H and O–H groups in total. The zero-order valence-electron chi connectivity index (χ0n) is 20.6.